The van der Waals surface area contributed by atoms with Gasteiger partial charge in [0.05, 0.1) is 12.6 Å². The second-order valence-electron chi connectivity index (χ2n) is 27.2. The van der Waals surface area contributed by atoms with E-state index in [1.807, 2.05) is 61.5 Å². The van der Waals surface area contributed by atoms with E-state index in [4.69, 9.17) is 0 Å². The van der Waals surface area contributed by atoms with E-state index in [2.05, 4.69) is 21.3 Å². The second kappa shape index (κ2) is 34.4. The molecule has 492 valence electrons. The molecule has 1 rings (SSSR count). The quantitative estimate of drug-likeness (QED) is 0.156. The Morgan fingerprint density at radius 3 is 1.41 bits per heavy atom. The largest absolute Gasteiger partial charge is 0.390 e. The topological polar surface area (TPSA) is 279 Å². The third-order valence-electron chi connectivity index (χ3n) is 16.3. The molecule has 0 unspecified atom stereocenters. The Morgan fingerprint density at radius 1 is 0.500 bits per heavy atom. The Balaban J connectivity index is 4.36. The lowest BCUT2D eigenvalue weighted by Gasteiger charge is -2.41. The van der Waals surface area contributed by atoms with E-state index in [1.165, 1.54) is 87.7 Å². The van der Waals surface area contributed by atoms with Crippen LogP contribution in [0.15, 0.2) is 12.2 Å². The van der Waals surface area contributed by atoms with Crippen LogP contribution in [-0.2, 0) is 52.7 Å². The van der Waals surface area contributed by atoms with Crippen molar-refractivity contribution in [2.45, 2.75) is 230 Å². The lowest BCUT2D eigenvalue weighted by atomic mass is 9.85. The molecule has 1 saturated heterocycles. The Bertz CT molecular complexity index is 2370. The van der Waals surface area contributed by atoms with Crippen molar-refractivity contribution in [2.75, 3.05) is 55.9 Å². The van der Waals surface area contributed by atoms with E-state index >= 15 is 14.4 Å². The van der Waals surface area contributed by atoms with Crippen molar-refractivity contribution in [3.8, 4) is 0 Å². The zero-order valence-corrected chi connectivity index (χ0v) is 57.0. The summed E-state index contributed by atoms with van der Waals surface area (Å²) in [5.74, 6) is -9.25. The predicted octanol–water partition coefficient (Wildman–Crippen LogP) is 3.66. The van der Waals surface area contributed by atoms with Gasteiger partial charge < -0.3 is 60.7 Å². The van der Waals surface area contributed by atoms with Crippen LogP contribution in [-0.4, -0.2) is 227 Å². The summed E-state index contributed by atoms with van der Waals surface area (Å²) in [6.45, 7) is 31.1. The minimum atomic E-state index is -1.61. The van der Waals surface area contributed by atoms with Crippen LogP contribution in [0, 0.1) is 40.9 Å². The molecular formula is C63H113N11O12. The number of rotatable bonds is 14. The Hall–Kier alpha value is -6.13. The summed E-state index contributed by atoms with van der Waals surface area (Å²) in [7, 11) is 9.89. The monoisotopic (exact) mass is 1220 g/mol. The number of nitrogens with zero attached hydrogens (tertiary/aromatic N) is 7. The molecule has 0 aromatic rings. The van der Waals surface area contributed by atoms with Gasteiger partial charge in [0.1, 0.15) is 60.4 Å². The lowest BCUT2D eigenvalue weighted by molar-refractivity contribution is -0.157. The molecule has 12 atom stereocenters. The number of carbonyl (C=O) groups is 11. The van der Waals surface area contributed by atoms with Gasteiger partial charge in [-0.05, 0) is 100 Å². The fourth-order valence-electron chi connectivity index (χ4n) is 10.7. The van der Waals surface area contributed by atoms with E-state index in [9.17, 15) is 43.5 Å². The molecule has 0 spiro atoms. The Kier molecular flexibility index (Phi) is 31.2. The standard InChI is InChI=1S/C63H113N11O12/c1-26-28-29-40(13)51(76)50-56(80)65-43(27-2)58(82)68(19)34-48(75)70(21)45(31-36(5)6)55(79)67-52(63(16,17)18)62(86)69(20)42(15)53(77)66-44(30-35(3)4)54(78)64-41(14)57(81)71(22)46(32-37(7)8)59(83)72(23)47(33-38(9)10)60(84)73(24)49(39(11)12)61(85)74(50)25/h26,28,35-47,49-52,76H,27,29-34H2,1-25H3,(H,64,78)(H,65,80)(H,66,77)(H,67,79)/b28-26+/t40-,41-,42+,43+,44+,45+,46+,47+,49+,50+,51-,52-/m1/s1. The van der Waals surface area contributed by atoms with Crippen LogP contribution < -0.4 is 21.3 Å². The Labute approximate surface area is 515 Å². The van der Waals surface area contributed by atoms with Gasteiger partial charge >= 0.3 is 0 Å². The molecule has 0 radical (unpaired) electrons. The molecule has 11 amide bonds. The number of nitrogens with one attached hydrogen (secondary N) is 4. The van der Waals surface area contributed by atoms with Gasteiger partial charge in [0.15, 0.2) is 0 Å². The number of likely N-dealkylation sites (N-methyl/N-ethyl adjacent to an activating group) is 7. The molecule has 0 aliphatic carbocycles. The maximum atomic E-state index is 15.2. The summed E-state index contributed by atoms with van der Waals surface area (Å²) in [6.07, 6.45) is 3.00. The average molecular weight is 1220 g/mol. The highest BCUT2D eigenvalue weighted by molar-refractivity contribution is 5.99. The van der Waals surface area contributed by atoms with Crippen molar-refractivity contribution in [3.63, 3.8) is 0 Å². The van der Waals surface area contributed by atoms with Crippen molar-refractivity contribution >= 4 is 65.0 Å². The first kappa shape index (κ1) is 77.9. The molecule has 86 heavy (non-hydrogen) atoms. The maximum absolute atomic E-state index is 15.2. The van der Waals surface area contributed by atoms with Gasteiger partial charge in [0.2, 0.25) is 65.0 Å². The van der Waals surface area contributed by atoms with Crippen LogP contribution in [0.5, 0.6) is 0 Å². The van der Waals surface area contributed by atoms with Gasteiger partial charge in [-0.25, -0.2) is 0 Å². The summed E-state index contributed by atoms with van der Waals surface area (Å²) >= 11 is 0. The van der Waals surface area contributed by atoms with Gasteiger partial charge in [0.25, 0.3) is 0 Å². The normalized spacial score (nSPS) is 26.9. The molecule has 1 aliphatic heterocycles. The Morgan fingerprint density at radius 2 is 0.953 bits per heavy atom. The van der Waals surface area contributed by atoms with Crippen LogP contribution in [0.2, 0.25) is 0 Å². The van der Waals surface area contributed by atoms with Crippen LogP contribution in [0.1, 0.15) is 163 Å². The number of hydrogen-bond donors (Lipinski definition) is 5. The fraction of sp³-hybridized carbons (Fsp3) is 0.794. The molecule has 0 aromatic carbocycles. The predicted molar refractivity (Wildman–Crippen MR) is 333 cm³/mol. The van der Waals surface area contributed by atoms with E-state index in [1.54, 1.807) is 61.5 Å². The van der Waals surface area contributed by atoms with Gasteiger partial charge in [0, 0.05) is 49.3 Å². The van der Waals surface area contributed by atoms with Gasteiger partial charge in [-0.3, -0.25) is 52.7 Å². The third-order valence-corrected chi connectivity index (χ3v) is 16.3. The first-order chi connectivity index (χ1) is 39.5. The van der Waals surface area contributed by atoms with Crippen LogP contribution in [0.4, 0.5) is 0 Å². The molecule has 23 heteroatoms. The third kappa shape index (κ3) is 21.6. The second-order valence-corrected chi connectivity index (χ2v) is 27.2. The van der Waals surface area contributed by atoms with E-state index in [-0.39, 0.29) is 55.8 Å². The van der Waals surface area contributed by atoms with Gasteiger partial charge in [-0.2, -0.15) is 0 Å². The van der Waals surface area contributed by atoms with Gasteiger partial charge in [-0.15, -0.1) is 0 Å². The van der Waals surface area contributed by atoms with E-state index in [0.717, 1.165) is 9.80 Å². The minimum absolute atomic E-state index is 0.0206. The molecular weight excluding hydrogens is 1100 g/mol. The first-order valence-electron chi connectivity index (χ1n) is 30.9. The van der Waals surface area contributed by atoms with Crippen molar-refractivity contribution in [1.29, 1.82) is 0 Å². The number of aliphatic hydroxyl groups is 1. The zero-order valence-electron chi connectivity index (χ0n) is 57.0. The van der Waals surface area contributed by atoms with Crippen LogP contribution in [0.25, 0.3) is 0 Å². The van der Waals surface area contributed by atoms with E-state index < -0.39 is 155 Å². The summed E-state index contributed by atoms with van der Waals surface area (Å²) < 4.78 is 0. The molecule has 1 heterocycles. The van der Waals surface area contributed by atoms with Gasteiger partial charge in [-0.1, -0.05) is 116 Å². The average Bonchev–Trinajstić information content (AvgIpc) is 3.48. The van der Waals surface area contributed by atoms with Crippen molar-refractivity contribution < 1.29 is 57.8 Å². The smallest absolute Gasteiger partial charge is 0.246 e. The maximum Gasteiger partial charge on any atom is 0.246 e. The summed E-state index contributed by atoms with van der Waals surface area (Å²) in [4.78, 5) is 169. The lowest BCUT2D eigenvalue weighted by Crippen LogP contribution is -2.63. The number of allylic oxidation sites excluding steroid dienone is 2. The minimum Gasteiger partial charge on any atom is -0.390 e. The number of amides is 11. The zero-order chi connectivity index (χ0) is 66.9. The number of aliphatic hydroxyl groups excluding tert-OH is 1. The van der Waals surface area contributed by atoms with Crippen molar-refractivity contribution in [2.24, 2.45) is 40.9 Å². The number of carbonyl (C=O) groups excluding carboxylic acids is 11. The van der Waals surface area contributed by atoms with Crippen molar-refractivity contribution in [3.05, 3.63) is 12.2 Å². The highest BCUT2D eigenvalue weighted by atomic mass is 16.3. The highest BCUT2D eigenvalue weighted by Gasteiger charge is 2.46. The fourth-order valence-corrected chi connectivity index (χ4v) is 10.7. The first-order valence-corrected chi connectivity index (χ1v) is 30.9. The number of hydrogen-bond acceptors (Lipinski definition) is 12. The SMILES string of the molecule is C/C=C/C[C@@H](C)[C@@H](O)[C@H]1C(=O)N[C@@H](CC)C(=O)N(C)CC(=O)N(C)[C@@H](CC(C)C)C(=O)N[C@@H](C(C)(C)C)C(=O)N(C)[C@@H](C)C(=O)N[C@@H](CC(C)C)C(=O)N[C@H](C)C(=O)N(C)[C@@H](CC(C)C)C(=O)N(C)[C@@H](CC(C)C)C(=O)N(C)[C@@H](C(C)C)C(=O)N1C. The summed E-state index contributed by atoms with van der Waals surface area (Å²) in [5, 5.41) is 23.2. The highest BCUT2D eigenvalue weighted by Crippen LogP contribution is 2.27. The molecule has 1 fully saturated rings. The molecule has 1 aliphatic rings. The van der Waals surface area contributed by atoms with Crippen LogP contribution >= 0.6 is 0 Å². The van der Waals surface area contributed by atoms with Crippen LogP contribution in [0.3, 0.4) is 0 Å². The molecule has 5 N–H and O–H groups in total. The van der Waals surface area contributed by atoms with Crippen molar-refractivity contribution in [1.82, 2.24) is 55.6 Å². The summed E-state index contributed by atoms with van der Waals surface area (Å²) in [6, 6.07) is -12.4. The molecule has 0 bridgehead atoms. The molecule has 0 saturated carbocycles. The summed E-state index contributed by atoms with van der Waals surface area (Å²) in [5.41, 5.74) is -0.948. The molecule has 23 nitrogen and oxygen atoms in total. The molecule has 0 aromatic heterocycles. The van der Waals surface area contributed by atoms with E-state index in [0.29, 0.717) is 6.42 Å².